The summed E-state index contributed by atoms with van der Waals surface area (Å²) in [5.41, 5.74) is 2.02. The molecule has 0 saturated heterocycles. The highest BCUT2D eigenvalue weighted by atomic mass is 16.4. The lowest BCUT2D eigenvalue weighted by Crippen LogP contribution is -2.22. The molecule has 0 atom stereocenters. The Morgan fingerprint density at radius 1 is 1.11 bits per heavy atom. The average molecular weight is 371 g/mol. The van der Waals surface area contributed by atoms with Crippen molar-refractivity contribution in [2.24, 2.45) is 0 Å². The van der Waals surface area contributed by atoms with E-state index in [1.54, 1.807) is 42.5 Å². The van der Waals surface area contributed by atoms with E-state index >= 15 is 0 Å². The van der Waals surface area contributed by atoms with Crippen LogP contribution in [0.1, 0.15) is 21.7 Å². The lowest BCUT2D eigenvalue weighted by Gasteiger charge is -2.05. The Bertz CT molecular complexity index is 1120. The molecule has 0 bridgehead atoms. The van der Waals surface area contributed by atoms with E-state index < -0.39 is 11.9 Å². The largest absolute Gasteiger partial charge is 0.545 e. The van der Waals surface area contributed by atoms with Crippen molar-refractivity contribution in [2.75, 3.05) is 5.32 Å². The van der Waals surface area contributed by atoms with Crippen molar-refractivity contribution < 1.29 is 19.1 Å². The number of carboxylic acid groups (broad SMARTS) is 1. The van der Waals surface area contributed by atoms with E-state index in [1.807, 2.05) is 19.1 Å². The number of anilines is 1. The number of hydrogen-bond donors (Lipinski definition) is 1. The highest BCUT2D eigenvalue weighted by Gasteiger charge is 2.12. The van der Waals surface area contributed by atoms with Gasteiger partial charge in [0.15, 0.2) is 0 Å². The Morgan fingerprint density at radius 2 is 1.89 bits per heavy atom. The number of benzene rings is 2. The van der Waals surface area contributed by atoms with Crippen molar-refractivity contribution in [3.8, 4) is 17.4 Å². The average Bonchev–Trinajstić information content (AvgIpc) is 3.15. The molecule has 6 heteroatoms. The SMILES string of the molecule is Cc1cccc(NC(=O)/C(C#N)=C/c2ccc(-c3cccc(C(=O)[O-])c3)o2)c1. The number of nitrogens with one attached hydrogen (secondary N) is 1. The van der Waals surface area contributed by atoms with E-state index in [0.717, 1.165) is 5.56 Å². The zero-order valence-electron chi connectivity index (χ0n) is 14.9. The maximum absolute atomic E-state index is 12.3. The van der Waals surface area contributed by atoms with Crippen LogP contribution in [0.5, 0.6) is 0 Å². The lowest BCUT2D eigenvalue weighted by atomic mass is 10.1. The number of nitrogens with zero attached hydrogens (tertiary/aromatic N) is 1. The van der Waals surface area contributed by atoms with Crippen molar-refractivity contribution in [1.29, 1.82) is 5.26 Å². The molecule has 2 aromatic carbocycles. The third kappa shape index (κ3) is 4.34. The fourth-order valence-electron chi connectivity index (χ4n) is 2.60. The second-order valence-corrected chi connectivity index (χ2v) is 6.06. The summed E-state index contributed by atoms with van der Waals surface area (Å²) in [7, 11) is 0. The van der Waals surface area contributed by atoms with Gasteiger partial charge in [0.25, 0.3) is 5.91 Å². The summed E-state index contributed by atoms with van der Waals surface area (Å²) in [5.74, 6) is -1.13. The van der Waals surface area contributed by atoms with Crippen LogP contribution in [0.15, 0.2) is 70.7 Å². The minimum absolute atomic E-state index is 0.0289. The van der Waals surface area contributed by atoms with Gasteiger partial charge in [-0.2, -0.15) is 5.26 Å². The minimum atomic E-state index is -1.28. The molecule has 0 spiro atoms. The molecule has 1 heterocycles. The molecule has 1 aromatic heterocycles. The standard InChI is InChI=1S/C22H16N2O4/c1-14-4-2-7-18(10-14)24-21(25)17(13-23)12-19-8-9-20(28-19)15-5-3-6-16(11-15)22(26)27/h2-12H,1H3,(H,24,25)(H,26,27)/p-1/b17-12+. The van der Waals surface area contributed by atoms with Crippen LogP contribution in [0.4, 0.5) is 5.69 Å². The number of furan rings is 1. The molecule has 0 aliphatic carbocycles. The summed E-state index contributed by atoms with van der Waals surface area (Å²) in [6.45, 7) is 1.90. The Hall–Kier alpha value is -4.11. The maximum atomic E-state index is 12.3. The zero-order valence-corrected chi connectivity index (χ0v) is 14.9. The Kier molecular flexibility index (Phi) is 5.38. The lowest BCUT2D eigenvalue weighted by molar-refractivity contribution is -0.255. The summed E-state index contributed by atoms with van der Waals surface area (Å²) in [6, 6.07) is 18.4. The molecule has 138 valence electrons. The van der Waals surface area contributed by atoms with Gasteiger partial charge in [0.1, 0.15) is 23.2 Å². The Labute approximate surface area is 161 Å². The van der Waals surface area contributed by atoms with Crippen LogP contribution in [0.2, 0.25) is 0 Å². The smallest absolute Gasteiger partial charge is 0.266 e. The van der Waals surface area contributed by atoms with Gasteiger partial charge >= 0.3 is 0 Å². The van der Waals surface area contributed by atoms with Gasteiger partial charge in [0.2, 0.25) is 0 Å². The monoisotopic (exact) mass is 371 g/mol. The molecule has 0 saturated carbocycles. The fraction of sp³-hybridized carbons (Fsp3) is 0.0455. The van der Waals surface area contributed by atoms with Gasteiger partial charge in [0, 0.05) is 17.3 Å². The first-order chi connectivity index (χ1) is 13.5. The number of carbonyl (C=O) groups is 2. The minimum Gasteiger partial charge on any atom is -0.545 e. The van der Waals surface area contributed by atoms with Crippen LogP contribution in [-0.4, -0.2) is 11.9 Å². The highest BCUT2D eigenvalue weighted by Crippen LogP contribution is 2.24. The molecule has 0 aliphatic rings. The van der Waals surface area contributed by atoms with Crippen molar-refractivity contribution in [2.45, 2.75) is 6.92 Å². The quantitative estimate of drug-likeness (QED) is 0.548. The molecule has 6 nitrogen and oxygen atoms in total. The molecule has 0 radical (unpaired) electrons. The third-order valence-electron chi connectivity index (χ3n) is 3.94. The first-order valence-corrected chi connectivity index (χ1v) is 8.37. The van der Waals surface area contributed by atoms with Crippen LogP contribution in [-0.2, 0) is 4.79 Å². The van der Waals surface area contributed by atoms with Gasteiger partial charge in [-0.05, 0) is 48.4 Å². The number of aromatic carboxylic acids is 1. The van der Waals surface area contributed by atoms with Gasteiger partial charge < -0.3 is 19.6 Å². The summed E-state index contributed by atoms with van der Waals surface area (Å²) in [4.78, 5) is 23.3. The molecule has 1 N–H and O–H groups in total. The number of carboxylic acids is 1. The van der Waals surface area contributed by atoms with Crippen LogP contribution < -0.4 is 10.4 Å². The number of carbonyl (C=O) groups excluding carboxylic acids is 2. The molecular weight excluding hydrogens is 356 g/mol. The van der Waals surface area contributed by atoms with Gasteiger partial charge in [0.05, 0.1) is 5.97 Å². The van der Waals surface area contributed by atoms with Crippen molar-refractivity contribution in [3.05, 3.63) is 83.1 Å². The van der Waals surface area contributed by atoms with Gasteiger partial charge in [-0.25, -0.2) is 0 Å². The van der Waals surface area contributed by atoms with Crippen molar-refractivity contribution >= 4 is 23.6 Å². The van der Waals surface area contributed by atoms with E-state index in [1.165, 1.54) is 18.2 Å². The van der Waals surface area contributed by atoms with E-state index in [0.29, 0.717) is 22.8 Å². The van der Waals surface area contributed by atoms with Crippen molar-refractivity contribution in [3.63, 3.8) is 0 Å². The second-order valence-electron chi connectivity index (χ2n) is 6.06. The van der Waals surface area contributed by atoms with Gasteiger partial charge in [-0.3, -0.25) is 4.79 Å². The third-order valence-corrected chi connectivity index (χ3v) is 3.94. The highest BCUT2D eigenvalue weighted by molar-refractivity contribution is 6.09. The number of amides is 1. The van der Waals surface area contributed by atoms with Crippen molar-refractivity contribution in [1.82, 2.24) is 0 Å². The number of aryl methyl sites for hydroxylation is 1. The normalized spacial score (nSPS) is 10.9. The van der Waals surface area contributed by atoms with E-state index in [2.05, 4.69) is 5.32 Å². The van der Waals surface area contributed by atoms with Gasteiger partial charge in [-0.1, -0.05) is 30.3 Å². The maximum Gasteiger partial charge on any atom is 0.266 e. The number of rotatable bonds is 5. The molecule has 1 amide bonds. The van der Waals surface area contributed by atoms with Gasteiger partial charge in [-0.15, -0.1) is 0 Å². The topological polar surface area (TPSA) is 106 Å². The zero-order chi connectivity index (χ0) is 20.1. The number of hydrogen-bond acceptors (Lipinski definition) is 5. The predicted molar refractivity (Wildman–Crippen MR) is 102 cm³/mol. The fourth-order valence-corrected chi connectivity index (χ4v) is 2.60. The molecule has 3 aromatic rings. The molecule has 0 fully saturated rings. The number of nitriles is 1. The second kappa shape index (κ2) is 8.06. The first kappa shape index (κ1) is 18.7. The molecular formula is C22H15N2O4-. The predicted octanol–water partition coefficient (Wildman–Crippen LogP) is 3.16. The molecule has 28 heavy (non-hydrogen) atoms. The summed E-state index contributed by atoms with van der Waals surface area (Å²) in [6.07, 6.45) is 1.33. The van der Waals surface area contributed by atoms with Crippen LogP contribution in [0.3, 0.4) is 0 Å². The van der Waals surface area contributed by atoms with E-state index in [4.69, 9.17) is 4.42 Å². The summed E-state index contributed by atoms with van der Waals surface area (Å²) in [5, 5.41) is 23.0. The Morgan fingerprint density at radius 3 is 2.61 bits per heavy atom. The van der Waals surface area contributed by atoms with Crippen LogP contribution in [0.25, 0.3) is 17.4 Å². The molecule has 0 unspecified atom stereocenters. The van der Waals surface area contributed by atoms with Crippen LogP contribution in [0, 0.1) is 18.3 Å². The molecule has 3 rings (SSSR count). The summed E-state index contributed by atoms with van der Waals surface area (Å²) < 4.78 is 5.64. The Balaban J connectivity index is 1.82. The molecule has 0 aliphatic heterocycles. The summed E-state index contributed by atoms with van der Waals surface area (Å²) >= 11 is 0. The first-order valence-electron chi connectivity index (χ1n) is 8.37. The van der Waals surface area contributed by atoms with E-state index in [9.17, 15) is 20.0 Å². The van der Waals surface area contributed by atoms with Crippen LogP contribution >= 0.6 is 0 Å². The van der Waals surface area contributed by atoms with E-state index in [-0.39, 0.29) is 11.1 Å².